The summed E-state index contributed by atoms with van der Waals surface area (Å²) in [5, 5.41) is 12.9. The highest BCUT2D eigenvalue weighted by Crippen LogP contribution is 2.26. The molecule has 0 amide bonds. The molecule has 11 heteroatoms. The topological polar surface area (TPSA) is 142 Å². The van der Waals surface area contributed by atoms with E-state index < -0.39 is 10.0 Å². The summed E-state index contributed by atoms with van der Waals surface area (Å²) in [5.41, 5.74) is 7.26. The van der Waals surface area contributed by atoms with Crippen LogP contribution in [0.3, 0.4) is 0 Å². The molecule has 2 aromatic carbocycles. The molecule has 0 saturated heterocycles. The van der Waals surface area contributed by atoms with E-state index in [1.807, 2.05) is 24.3 Å². The smallest absolute Gasteiger partial charge is 0.248 e. The van der Waals surface area contributed by atoms with Crippen LogP contribution in [0.15, 0.2) is 53.4 Å². The molecule has 2 aromatic heterocycles. The fourth-order valence-corrected chi connectivity index (χ4v) is 3.83. The van der Waals surface area contributed by atoms with Crippen LogP contribution in [0.25, 0.3) is 15.3 Å². The predicted octanol–water partition coefficient (Wildman–Crippen LogP) is 1.85. The monoisotopic (exact) mass is 387 g/mol. The van der Waals surface area contributed by atoms with Crippen molar-refractivity contribution in [3.63, 3.8) is 0 Å². The van der Waals surface area contributed by atoms with Gasteiger partial charge < -0.3 is 11.1 Å². The zero-order valence-electron chi connectivity index (χ0n) is 13.2. The first-order valence-corrected chi connectivity index (χ1v) is 9.75. The van der Waals surface area contributed by atoms with E-state index in [4.69, 9.17) is 10.9 Å². The van der Waals surface area contributed by atoms with Gasteiger partial charge in [-0.2, -0.15) is 9.67 Å². The fraction of sp³-hybridized carbons (Fsp3) is 0. The molecular formula is C15H13N7O2S2. The van der Waals surface area contributed by atoms with Crippen LogP contribution in [0, 0.1) is 0 Å². The van der Waals surface area contributed by atoms with Crippen LogP contribution in [0.2, 0.25) is 0 Å². The Morgan fingerprint density at radius 1 is 1.08 bits per heavy atom. The Morgan fingerprint density at radius 2 is 1.88 bits per heavy atom. The molecule has 5 N–H and O–H groups in total. The number of fused-ring (bicyclic) bond motifs is 1. The summed E-state index contributed by atoms with van der Waals surface area (Å²) >= 11 is 1.44. The van der Waals surface area contributed by atoms with Crippen molar-refractivity contribution in [3.05, 3.63) is 48.5 Å². The fourth-order valence-electron chi connectivity index (χ4n) is 2.35. The van der Waals surface area contributed by atoms with Crippen LogP contribution in [0.1, 0.15) is 0 Å². The molecule has 4 rings (SSSR count). The minimum Gasteiger partial charge on any atom is -0.368 e. The van der Waals surface area contributed by atoms with Gasteiger partial charge in [0.2, 0.25) is 27.1 Å². The average molecular weight is 387 g/mol. The van der Waals surface area contributed by atoms with E-state index in [0.29, 0.717) is 10.8 Å². The van der Waals surface area contributed by atoms with Gasteiger partial charge >= 0.3 is 0 Å². The van der Waals surface area contributed by atoms with E-state index in [1.54, 1.807) is 12.1 Å². The minimum absolute atomic E-state index is 0.0129. The molecule has 0 bridgehead atoms. The number of rotatable bonds is 4. The zero-order chi connectivity index (χ0) is 18.3. The van der Waals surface area contributed by atoms with Gasteiger partial charge in [-0.15, -0.1) is 5.10 Å². The number of para-hydroxylation sites is 1. The van der Waals surface area contributed by atoms with Gasteiger partial charge in [0.05, 0.1) is 15.1 Å². The number of primary sulfonamides is 1. The van der Waals surface area contributed by atoms with E-state index in [1.165, 1.54) is 28.2 Å². The number of hydrogen-bond donors (Lipinski definition) is 3. The van der Waals surface area contributed by atoms with Gasteiger partial charge in [-0.1, -0.05) is 29.5 Å². The third-order valence-corrected chi connectivity index (χ3v) is 5.44. The summed E-state index contributed by atoms with van der Waals surface area (Å²) in [6, 6.07) is 13.7. The van der Waals surface area contributed by atoms with Crippen LogP contribution in [0.5, 0.6) is 0 Å². The SMILES string of the molecule is Nc1nc(Nc2cccc(S(N)(=O)=O)c2)nn1-c1nc2ccccc2s1. The van der Waals surface area contributed by atoms with E-state index in [9.17, 15) is 8.42 Å². The Morgan fingerprint density at radius 3 is 2.65 bits per heavy atom. The van der Waals surface area contributed by atoms with Gasteiger partial charge in [0.25, 0.3) is 0 Å². The number of sulfonamides is 1. The standard InChI is InChI=1S/C15H13N7O2S2/c16-13-20-14(18-9-4-3-5-10(8-9)26(17,23)24)21-22(13)15-19-11-6-1-2-7-12(11)25-15/h1-8H,(H2,17,23,24)(H3,16,18,20,21). The summed E-state index contributed by atoms with van der Waals surface area (Å²) in [6.07, 6.45) is 0. The molecule has 0 atom stereocenters. The van der Waals surface area contributed by atoms with Crippen molar-refractivity contribution in [1.82, 2.24) is 19.7 Å². The molecule has 0 aliphatic heterocycles. The number of nitrogen functional groups attached to an aromatic ring is 1. The molecule has 0 unspecified atom stereocenters. The van der Waals surface area contributed by atoms with Gasteiger partial charge in [0.15, 0.2) is 0 Å². The maximum absolute atomic E-state index is 11.5. The van der Waals surface area contributed by atoms with Gasteiger partial charge in [-0.05, 0) is 30.3 Å². The van der Waals surface area contributed by atoms with Crippen molar-refractivity contribution in [3.8, 4) is 5.13 Å². The molecular weight excluding hydrogens is 374 g/mol. The zero-order valence-corrected chi connectivity index (χ0v) is 14.8. The molecule has 0 spiro atoms. The molecule has 0 saturated carbocycles. The van der Waals surface area contributed by atoms with Gasteiger partial charge in [0.1, 0.15) is 0 Å². The second-order valence-electron chi connectivity index (χ2n) is 5.37. The average Bonchev–Trinajstić information content (AvgIpc) is 3.17. The highest BCUT2D eigenvalue weighted by Gasteiger charge is 2.14. The minimum atomic E-state index is -3.80. The van der Waals surface area contributed by atoms with Crippen molar-refractivity contribution in [2.75, 3.05) is 11.1 Å². The summed E-state index contributed by atoms with van der Waals surface area (Å²) in [4.78, 5) is 8.62. The van der Waals surface area contributed by atoms with E-state index in [-0.39, 0.29) is 16.8 Å². The molecule has 4 aromatic rings. The third kappa shape index (κ3) is 3.10. The number of aromatic nitrogens is 4. The van der Waals surface area contributed by atoms with Crippen molar-refractivity contribution in [1.29, 1.82) is 0 Å². The lowest BCUT2D eigenvalue weighted by Gasteiger charge is -2.03. The molecule has 0 aliphatic carbocycles. The van der Waals surface area contributed by atoms with Crippen LogP contribution in [0.4, 0.5) is 17.6 Å². The second-order valence-corrected chi connectivity index (χ2v) is 7.94. The second kappa shape index (κ2) is 6.05. The van der Waals surface area contributed by atoms with Crippen molar-refractivity contribution in [2.45, 2.75) is 4.90 Å². The Hall–Kier alpha value is -3.02. The molecule has 0 radical (unpaired) electrons. The van der Waals surface area contributed by atoms with E-state index in [2.05, 4.69) is 20.4 Å². The quantitative estimate of drug-likeness (QED) is 0.485. The van der Waals surface area contributed by atoms with Crippen molar-refractivity contribution in [2.24, 2.45) is 5.14 Å². The van der Waals surface area contributed by atoms with Gasteiger partial charge in [-0.3, -0.25) is 0 Å². The Labute approximate surface area is 152 Å². The highest BCUT2D eigenvalue weighted by molar-refractivity contribution is 7.89. The number of nitrogens with one attached hydrogen (secondary N) is 1. The molecule has 0 aliphatic rings. The van der Waals surface area contributed by atoms with Crippen molar-refractivity contribution >= 4 is 49.2 Å². The van der Waals surface area contributed by atoms with Crippen LogP contribution >= 0.6 is 11.3 Å². The lowest BCUT2D eigenvalue weighted by molar-refractivity contribution is 0.598. The maximum atomic E-state index is 11.5. The summed E-state index contributed by atoms with van der Waals surface area (Å²) < 4.78 is 25.3. The van der Waals surface area contributed by atoms with Crippen LogP contribution in [-0.4, -0.2) is 28.2 Å². The number of nitrogens with two attached hydrogens (primary N) is 2. The lowest BCUT2D eigenvalue weighted by Crippen LogP contribution is -2.12. The predicted molar refractivity (Wildman–Crippen MR) is 100 cm³/mol. The molecule has 2 heterocycles. The number of hydrogen-bond acceptors (Lipinski definition) is 8. The van der Waals surface area contributed by atoms with Gasteiger partial charge in [-0.25, -0.2) is 18.5 Å². The number of nitrogens with zero attached hydrogens (tertiary/aromatic N) is 4. The first-order chi connectivity index (χ1) is 12.4. The van der Waals surface area contributed by atoms with Crippen LogP contribution < -0.4 is 16.2 Å². The molecule has 0 fully saturated rings. The Bertz CT molecular complexity index is 1180. The van der Waals surface area contributed by atoms with Crippen molar-refractivity contribution < 1.29 is 8.42 Å². The lowest BCUT2D eigenvalue weighted by atomic mass is 10.3. The third-order valence-electron chi connectivity index (χ3n) is 3.51. The largest absolute Gasteiger partial charge is 0.368 e. The number of thiazole rings is 1. The Kier molecular flexibility index (Phi) is 3.83. The maximum Gasteiger partial charge on any atom is 0.248 e. The summed E-state index contributed by atoms with van der Waals surface area (Å²) in [7, 11) is -3.80. The van der Waals surface area contributed by atoms with Crippen LogP contribution in [-0.2, 0) is 10.0 Å². The number of anilines is 3. The van der Waals surface area contributed by atoms with E-state index >= 15 is 0 Å². The highest BCUT2D eigenvalue weighted by atomic mass is 32.2. The number of benzene rings is 2. The normalized spacial score (nSPS) is 11.7. The molecule has 26 heavy (non-hydrogen) atoms. The summed E-state index contributed by atoms with van der Waals surface area (Å²) in [6.45, 7) is 0. The van der Waals surface area contributed by atoms with Gasteiger partial charge in [0, 0.05) is 5.69 Å². The first-order valence-electron chi connectivity index (χ1n) is 7.38. The molecule has 9 nitrogen and oxygen atoms in total. The Balaban J connectivity index is 1.67. The van der Waals surface area contributed by atoms with E-state index in [0.717, 1.165) is 10.2 Å². The molecule has 132 valence electrons. The first kappa shape index (κ1) is 16.4. The summed E-state index contributed by atoms with van der Waals surface area (Å²) in [5.74, 6) is 0.377.